The Kier molecular flexibility index (Phi) is 3.34. The number of hydrogen-bond donors (Lipinski definition) is 0. The van der Waals surface area contributed by atoms with Gasteiger partial charge in [-0.15, -0.1) is 0 Å². The molecule has 1 aromatic carbocycles. The van der Waals surface area contributed by atoms with Crippen LogP contribution in [0.5, 0.6) is 0 Å². The second kappa shape index (κ2) is 5.42. The van der Waals surface area contributed by atoms with E-state index in [1.54, 1.807) is 5.56 Å². The summed E-state index contributed by atoms with van der Waals surface area (Å²) in [5.41, 5.74) is 8.92. The highest BCUT2D eigenvalue weighted by molar-refractivity contribution is 5.87. The first-order chi connectivity index (χ1) is 12.6. The zero-order valence-corrected chi connectivity index (χ0v) is 16.4. The van der Waals surface area contributed by atoms with E-state index in [1.165, 1.54) is 60.1 Å². The summed E-state index contributed by atoms with van der Waals surface area (Å²) in [6.07, 6.45) is 8.79. The first kappa shape index (κ1) is 16.0. The summed E-state index contributed by atoms with van der Waals surface area (Å²) in [6, 6.07) is 11.6. The van der Waals surface area contributed by atoms with Crippen LogP contribution < -0.4 is 4.90 Å². The molecule has 0 unspecified atom stereocenters. The van der Waals surface area contributed by atoms with Crippen LogP contribution in [-0.4, -0.2) is 9.13 Å². The van der Waals surface area contributed by atoms with E-state index >= 15 is 0 Å². The van der Waals surface area contributed by atoms with Gasteiger partial charge in [0.15, 0.2) is 0 Å². The maximum atomic E-state index is 2.78. The molecule has 2 aromatic heterocycles. The monoisotopic (exact) mass is 347 g/mol. The fourth-order valence-electron chi connectivity index (χ4n) is 5.97. The minimum atomic E-state index is 0.144. The van der Waals surface area contributed by atoms with Crippen molar-refractivity contribution in [3.05, 3.63) is 53.3 Å². The first-order valence-corrected chi connectivity index (χ1v) is 10.1. The van der Waals surface area contributed by atoms with Crippen molar-refractivity contribution < 1.29 is 0 Å². The van der Waals surface area contributed by atoms with E-state index in [1.807, 2.05) is 0 Å². The summed E-state index contributed by atoms with van der Waals surface area (Å²) in [6.45, 7) is 4.67. The van der Waals surface area contributed by atoms with Crippen LogP contribution in [0.25, 0.3) is 11.0 Å². The molecule has 1 aliphatic carbocycles. The second-order valence-corrected chi connectivity index (χ2v) is 8.40. The Hall–Kier alpha value is -2.16. The Morgan fingerprint density at radius 1 is 1.00 bits per heavy atom. The quantitative estimate of drug-likeness (QED) is 0.561. The minimum absolute atomic E-state index is 0.144. The van der Waals surface area contributed by atoms with Gasteiger partial charge in [-0.25, -0.2) is 0 Å². The molecule has 0 amide bonds. The van der Waals surface area contributed by atoms with E-state index in [0.717, 1.165) is 0 Å². The molecule has 2 aliphatic rings. The summed E-state index contributed by atoms with van der Waals surface area (Å²) in [4.78, 5) is 2.78. The van der Waals surface area contributed by atoms with Crippen LogP contribution in [0.3, 0.4) is 0 Å². The Balaban J connectivity index is 1.84. The van der Waals surface area contributed by atoms with E-state index < -0.39 is 0 Å². The van der Waals surface area contributed by atoms with Gasteiger partial charge in [0.2, 0.25) is 0 Å². The van der Waals surface area contributed by atoms with Crippen molar-refractivity contribution in [1.82, 2.24) is 9.13 Å². The zero-order valence-electron chi connectivity index (χ0n) is 16.4. The molecule has 0 radical (unpaired) electrons. The summed E-state index contributed by atoms with van der Waals surface area (Å²) >= 11 is 0. The van der Waals surface area contributed by atoms with Gasteiger partial charge in [0.05, 0.1) is 22.6 Å². The number of rotatable bonds is 1. The lowest BCUT2D eigenvalue weighted by atomic mass is 9.76. The molecular formula is C23H29N3. The van der Waals surface area contributed by atoms with Crippen molar-refractivity contribution in [2.75, 3.05) is 4.90 Å². The first-order valence-electron chi connectivity index (χ1n) is 10.1. The van der Waals surface area contributed by atoms with E-state index in [2.05, 4.69) is 78.5 Å². The van der Waals surface area contributed by atoms with Gasteiger partial charge in [-0.2, -0.15) is 0 Å². The molecule has 1 fully saturated rings. The van der Waals surface area contributed by atoms with E-state index in [9.17, 15) is 0 Å². The number of benzene rings is 1. The maximum absolute atomic E-state index is 2.78. The van der Waals surface area contributed by atoms with Gasteiger partial charge in [-0.1, -0.05) is 37.5 Å². The number of nitrogens with zero attached hydrogens (tertiary/aromatic N) is 3. The highest BCUT2D eigenvalue weighted by atomic mass is 15.3. The third kappa shape index (κ3) is 1.84. The molecule has 3 heteroatoms. The van der Waals surface area contributed by atoms with E-state index in [0.29, 0.717) is 6.04 Å². The average molecular weight is 348 g/mol. The molecule has 3 nitrogen and oxygen atoms in total. The van der Waals surface area contributed by atoms with E-state index in [4.69, 9.17) is 0 Å². The molecule has 3 heterocycles. The lowest BCUT2D eigenvalue weighted by Crippen LogP contribution is -2.44. The van der Waals surface area contributed by atoms with E-state index in [-0.39, 0.29) is 5.54 Å². The van der Waals surface area contributed by atoms with Crippen molar-refractivity contribution in [2.24, 2.45) is 14.1 Å². The molecule has 0 N–H and O–H groups in total. The predicted molar refractivity (Wildman–Crippen MR) is 109 cm³/mol. The largest absolute Gasteiger partial charge is 0.353 e. The molecule has 0 saturated heterocycles. The molecule has 1 spiro atoms. The van der Waals surface area contributed by atoms with Crippen LogP contribution in [0.4, 0.5) is 5.69 Å². The highest BCUT2D eigenvalue weighted by Gasteiger charge is 2.52. The van der Waals surface area contributed by atoms with Crippen molar-refractivity contribution in [3.8, 4) is 0 Å². The maximum Gasteiger partial charge on any atom is 0.0720 e. The molecule has 26 heavy (non-hydrogen) atoms. The van der Waals surface area contributed by atoms with Crippen LogP contribution in [0.2, 0.25) is 0 Å². The van der Waals surface area contributed by atoms with Crippen molar-refractivity contribution in [3.63, 3.8) is 0 Å². The number of anilines is 1. The summed E-state index contributed by atoms with van der Waals surface area (Å²) in [5, 5.41) is 0. The SMILES string of the molecule is Cc1ccccc1N1[C@@H](C)c2c(c3c(ccn3C)n2C)C12CCCCC2. The lowest BCUT2D eigenvalue weighted by molar-refractivity contribution is 0.285. The highest BCUT2D eigenvalue weighted by Crippen LogP contribution is 2.58. The van der Waals surface area contributed by atoms with Gasteiger partial charge in [0.1, 0.15) is 0 Å². The minimum Gasteiger partial charge on any atom is -0.353 e. The third-order valence-electron chi connectivity index (χ3n) is 7.03. The van der Waals surface area contributed by atoms with Gasteiger partial charge in [0.25, 0.3) is 0 Å². The Morgan fingerprint density at radius 2 is 1.73 bits per heavy atom. The molecule has 3 aromatic rings. The topological polar surface area (TPSA) is 13.1 Å². The second-order valence-electron chi connectivity index (χ2n) is 8.40. The standard InChI is InChI=1S/C23H29N3/c1-16-10-6-7-11-18(16)26-17(2)21-20(23(26)13-8-5-9-14-23)22-19(25(21)4)12-15-24(22)3/h6-7,10-12,15,17H,5,8-9,13-14H2,1-4H3/t17-/m0/s1. The number of para-hydroxylation sites is 1. The van der Waals surface area contributed by atoms with Gasteiger partial charge in [0, 0.05) is 37.2 Å². The molecular weight excluding hydrogens is 318 g/mol. The molecule has 1 saturated carbocycles. The number of aromatic nitrogens is 2. The molecule has 1 aliphatic heterocycles. The number of hydrogen-bond acceptors (Lipinski definition) is 1. The van der Waals surface area contributed by atoms with Gasteiger partial charge in [-0.05, 0) is 44.4 Å². The van der Waals surface area contributed by atoms with Crippen LogP contribution in [0.1, 0.15) is 61.9 Å². The average Bonchev–Trinajstić information content (AvgIpc) is 3.23. The fraction of sp³-hybridized carbons (Fsp3) is 0.478. The Bertz CT molecular complexity index is 984. The zero-order chi connectivity index (χ0) is 18.1. The molecule has 5 rings (SSSR count). The Morgan fingerprint density at radius 3 is 2.46 bits per heavy atom. The fourth-order valence-corrected chi connectivity index (χ4v) is 5.97. The van der Waals surface area contributed by atoms with Gasteiger partial charge >= 0.3 is 0 Å². The lowest BCUT2D eigenvalue weighted by Gasteiger charge is -2.46. The summed E-state index contributed by atoms with van der Waals surface area (Å²) in [5.74, 6) is 0. The smallest absolute Gasteiger partial charge is 0.0720 e. The summed E-state index contributed by atoms with van der Waals surface area (Å²) in [7, 11) is 4.47. The molecule has 136 valence electrons. The van der Waals surface area contributed by atoms with Crippen molar-refractivity contribution >= 4 is 16.7 Å². The van der Waals surface area contributed by atoms with Gasteiger partial charge in [-0.3, -0.25) is 0 Å². The van der Waals surface area contributed by atoms with Crippen molar-refractivity contribution in [2.45, 2.75) is 57.5 Å². The van der Waals surface area contributed by atoms with Gasteiger partial charge < -0.3 is 14.0 Å². The van der Waals surface area contributed by atoms with Crippen LogP contribution in [0.15, 0.2) is 36.5 Å². The Labute approximate surface area is 156 Å². The number of aryl methyl sites for hydroxylation is 3. The van der Waals surface area contributed by atoms with Crippen LogP contribution in [0, 0.1) is 6.92 Å². The normalized spacial score (nSPS) is 21.7. The summed E-state index contributed by atoms with van der Waals surface area (Å²) < 4.78 is 4.81. The number of fused-ring (bicyclic) bond motifs is 4. The molecule has 0 bridgehead atoms. The predicted octanol–water partition coefficient (Wildman–Crippen LogP) is 5.57. The van der Waals surface area contributed by atoms with Crippen LogP contribution >= 0.6 is 0 Å². The van der Waals surface area contributed by atoms with Crippen LogP contribution in [-0.2, 0) is 19.6 Å². The molecule has 1 atom stereocenters. The third-order valence-corrected chi connectivity index (χ3v) is 7.03. The van der Waals surface area contributed by atoms with Crippen molar-refractivity contribution in [1.29, 1.82) is 0 Å².